The molecule has 5 nitrogen and oxygen atoms in total. The average molecular weight is 286 g/mol. The van der Waals surface area contributed by atoms with Gasteiger partial charge in [-0.15, -0.1) is 0 Å². The van der Waals surface area contributed by atoms with Crippen LogP contribution in [0.3, 0.4) is 0 Å². The molecule has 20 heavy (non-hydrogen) atoms. The van der Waals surface area contributed by atoms with Crippen LogP contribution >= 0.6 is 0 Å². The number of carboxylic acids is 1. The van der Waals surface area contributed by atoms with Crippen molar-refractivity contribution < 1.29 is 14.7 Å². The van der Waals surface area contributed by atoms with Crippen molar-refractivity contribution in [3.63, 3.8) is 0 Å². The van der Waals surface area contributed by atoms with Crippen LogP contribution in [0, 0.1) is 5.92 Å². The van der Waals surface area contributed by atoms with Gasteiger partial charge >= 0.3 is 5.97 Å². The van der Waals surface area contributed by atoms with Crippen LogP contribution in [0.2, 0.25) is 0 Å². The molecule has 0 saturated carbocycles. The van der Waals surface area contributed by atoms with Crippen LogP contribution in [0.4, 0.5) is 0 Å². The van der Waals surface area contributed by atoms with E-state index in [9.17, 15) is 9.59 Å². The normalized spacial score (nSPS) is 13.6. The second-order valence-electron chi connectivity index (χ2n) is 6.59. The van der Waals surface area contributed by atoms with E-state index in [1.165, 1.54) is 0 Å². The lowest BCUT2D eigenvalue weighted by Gasteiger charge is -2.34. The summed E-state index contributed by atoms with van der Waals surface area (Å²) in [6.07, 6.45) is 0.783. The zero-order chi connectivity index (χ0) is 15.9. The van der Waals surface area contributed by atoms with Gasteiger partial charge in [0.1, 0.15) is 6.04 Å². The molecule has 0 aromatic carbocycles. The first-order valence-electron chi connectivity index (χ1n) is 7.35. The molecular formula is C15H30N2O3. The van der Waals surface area contributed by atoms with Crippen LogP contribution in [-0.4, -0.2) is 46.6 Å². The quantitative estimate of drug-likeness (QED) is 0.717. The first kappa shape index (κ1) is 18.9. The molecule has 0 aliphatic carbocycles. The molecule has 0 aromatic rings. The van der Waals surface area contributed by atoms with Gasteiger partial charge in [0.15, 0.2) is 0 Å². The summed E-state index contributed by atoms with van der Waals surface area (Å²) >= 11 is 0. The van der Waals surface area contributed by atoms with Gasteiger partial charge in [-0.25, -0.2) is 4.79 Å². The van der Waals surface area contributed by atoms with E-state index in [0.29, 0.717) is 19.4 Å². The summed E-state index contributed by atoms with van der Waals surface area (Å²) in [5.74, 6) is -0.922. The summed E-state index contributed by atoms with van der Waals surface area (Å²) in [4.78, 5) is 25.2. The molecule has 0 bridgehead atoms. The molecule has 0 aliphatic heterocycles. The van der Waals surface area contributed by atoms with E-state index < -0.39 is 12.0 Å². The summed E-state index contributed by atoms with van der Waals surface area (Å²) in [6, 6.07) is -0.785. The molecule has 0 spiro atoms. The third-order valence-electron chi connectivity index (χ3n) is 3.28. The number of carboxylic acid groups (broad SMARTS) is 1. The Balaban J connectivity index is 4.36. The maximum Gasteiger partial charge on any atom is 0.326 e. The Hall–Kier alpha value is -1.10. The standard InChI is InChI=1S/C15H30N2O3/c1-7-17(15(4,5)6)9-8-13(18)16-12(14(19)20)10-11(2)3/h11-12H,7-10H2,1-6H3,(H,16,18)(H,19,20). The molecule has 0 heterocycles. The molecule has 1 unspecified atom stereocenters. The fourth-order valence-electron chi connectivity index (χ4n) is 2.16. The van der Waals surface area contributed by atoms with E-state index in [0.717, 1.165) is 6.54 Å². The maximum absolute atomic E-state index is 11.9. The Morgan fingerprint density at radius 3 is 2.15 bits per heavy atom. The predicted octanol–water partition coefficient (Wildman–Crippen LogP) is 2.11. The van der Waals surface area contributed by atoms with E-state index in [2.05, 4.69) is 37.9 Å². The lowest BCUT2D eigenvalue weighted by molar-refractivity contribution is -0.142. The SMILES string of the molecule is CCN(CCC(=O)NC(CC(C)C)C(=O)O)C(C)(C)C. The van der Waals surface area contributed by atoms with E-state index >= 15 is 0 Å². The Kier molecular flexibility index (Phi) is 7.79. The molecule has 0 rings (SSSR count). The Morgan fingerprint density at radius 2 is 1.80 bits per heavy atom. The summed E-state index contributed by atoms with van der Waals surface area (Å²) in [5.41, 5.74) is 0.0131. The van der Waals surface area contributed by atoms with Crippen molar-refractivity contribution in [3.05, 3.63) is 0 Å². The Labute approximate surface area is 122 Å². The molecule has 2 N–H and O–H groups in total. The number of carbonyl (C=O) groups is 2. The highest BCUT2D eigenvalue weighted by Gasteiger charge is 2.23. The maximum atomic E-state index is 11.9. The van der Waals surface area contributed by atoms with Crippen molar-refractivity contribution in [1.29, 1.82) is 0 Å². The molecule has 0 aliphatic rings. The summed E-state index contributed by atoms with van der Waals surface area (Å²) in [6.45, 7) is 13.8. The number of nitrogens with one attached hydrogen (secondary N) is 1. The zero-order valence-electron chi connectivity index (χ0n) is 13.7. The van der Waals surface area contributed by atoms with Gasteiger partial charge in [0.25, 0.3) is 0 Å². The van der Waals surface area contributed by atoms with Gasteiger partial charge in [-0.2, -0.15) is 0 Å². The van der Waals surface area contributed by atoms with Crippen LogP contribution < -0.4 is 5.32 Å². The molecule has 0 radical (unpaired) electrons. The third-order valence-corrected chi connectivity index (χ3v) is 3.28. The second kappa shape index (κ2) is 8.25. The largest absolute Gasteiger partial charge is 0.480 e. The second-order valence-corrected chi connectivity index (χ2v) is 6.59. The van der Waals surface area contributed by atoms with Crippen molar-refractivity contribution in [1.82, 2.24) is 10.2 Å². The van der Waals surface area contributed by atoms with E-state index in [1.807, 2.05) is 13.8 Å². The van der Waals surface area contributed by atoms with E-state index in [1.54, 1.807) is 0 Å². The number of carbonyl (C=O) groups excluding carboxylic acids is 1. The van der Waals surface area contributed by atoms with Crippen molar-refractivity contribution in [2.24, 2.45) is 5.92 Å². The summed E-state index contributed by atoms with van der Waals surface area (Å²) in [5, 5.41) is 11.7. The first-order valence-corrected chi connectivity index (χ1v) is 7.35. The van der Waals surface area contributed by atoms with Crippen molar-refractivity contribution in [3.8, 4) is 0 Å². The Morgan fingerprint density at radius 1 is 1.25 bits per heavy atom. The molecule has 5 heteroatoms. The van der Waals surface area contributed by atoms with Gasteiger partial charge in [-0.05, 0) is 39.7 Å². The topological polar surface area (TPSA) is 69.6 Å². The molecule has 1 amide bonds. The number of amides is 1. The van der Waals surface area contributed by atoms with E-state index in [-0.39, 0.29) is 17.4 Å². The predicted molar refractivity (Wildman–Crippen MR) is 80.6 cm³/mol. The zero-order valence-corrected chi connectivity index (χ0v) is 13.7. The van der Waals surface area contributed by atoms with Gasteiger partial charge in [-0.3, -0.25) is 9.69 Å². The fraction of sp³-hybridized carbons (Fsp3) is 0.867. The molecule has 1 atom stereocenters. The van der Waals surface area contributed by atoms with Gasteiger partial charge in [-0.1, -0.05) is 20.8 Å². The minimum Gasteiger partial charge on any atom is -0.480 e. The number of aliphatic carboxylic acids is 1. The monoisotopic (exact) mass is 286 g/mol. The van der Waals surface area contributed by atoms with Crippen molar-refractivity contribution in [2.45, 2.75) is 66.0 Å². The van der Waals surface area contributed by atoms with Crippen LogP contribution in [0.5, 0.6) is 0 Å². The number of hydrogen-bond donors (Lipinski definition) is 2. The van der Waals surface area contributed by atoms with Gasteiger partial charge in [0, 0.05) is 18.5 Å². The lowest BCUT2D eigenvalue weighted by Crippen LogP contribution is -2.45. The average Bonchev–Trinajstić information content (AvgIpc) is 2.26. The number of hydrogen-bond acceptors (Lipinski definition) is 3. The van der Waals surface area contributed by atoms with Crippen LogP contribution in [0.15, 0.2) is 0 Å². The highest BCUT2D eigenvalue weighted by molar-refractivity contribution is 5.83. The molecule has 0 fully saturated rings. The smallest absolute Gasteiger partial charge is 0.326 e. The first-order chi connectivity index (χ1) is 9.07. The highest BCUT2D eigenvalue weighted by Crippen LogP contribution is 2.13. The molecule has 118 valence electrons. The number of rotatable bonds is 8. The Bertz CT molecular complexity index is 322. The number of nitrogens with zero attached hydrogens (tertiary/aromatic N) is 1. The summed E-state index contributed by atoms with van der Waals surface area (Å²) in [7, 11) is 0. The van der Waals surface area contributed by atoms with Gasteiger partial charge in [0.05, 0.1) is 0 Å². The van der Waals surface area contributed by atoms with Crippen molar-refractivity contribution in [2.75, 3.05) is 13.1 Å². The fourth-order valence-corrected chi connectivity index (χ4v) is 2.16. The van der Waals surface area contributed by atoms with Crippen LogP contribution in [0.1, 0.15) is 54.4 Å². The van der Waals surface area contributed by atoms with Gasteiger partial charge in [0.2, 0.25) is 5.91 Å². The van der Waals surface area contributed by atoms with Crippen molar-refractivity contribution >= 4 is 11.9 Å². The summed E-state index contributed by atoms with van der Waals surface area (Å²) < 4.78 is 0. The lowest BCUT2D eigenvalue weighted by atomic mass is 10.0. The molecule has 0 aromatic heterocycles. The minimum absolute atomic E-state index is 0.0131. The van der Waals surface area contributed by atoms with Crippen LogP contribution in [0.25, 0.3) is 0 Å². The third kappa shape index (κ3) is 7.48. The minimum atomic E-state index is -0.963. The van der Waals surface area contributed by atoms with E-state index in [4.69, 9.17) is 5.11 Å². The molecule has 0 saturated heterocycles. The van der Waals surface area contributed by atoms with Gasteiger partial charge < -0.3 is 10.4 Å². The van der Waals surface area contributed by atoms with Crippen LogP contribution in [-0.2, 0) is 9.59 Å². The molecular weight excluding hydrogens is 256 g/mol. The highest BCUT2D eigenvalue weighted by atomic mass is 16.4.